The lowest BCUT2D eigenvalue weighted by molar-refractivity contribution is -0.147. The Morgan fingerprint density at radius 1 is 1.15 bits per heavy atom. The van der Waals surface area contributed by atoms with Crippen LogP contribution in [0.4, 0.5) is 18.9 Å². The second-order valence-corrected chi connectivity index (χ2v) is 11.5. The Hall–Kier alpha value is -4.00. The number of halogens is 3. The van der Waals surface area contributed by atoms with Crippen molar-refractivity contribution < 1.29 is 37.1 Å². The topological polar surface area (TPSA) is 185 Å². The van der Waals surface area contributed by atoms with Crippen molar-refractivity contribution in [3.63, 3.8) is 0 Å². The molecule has 1 aliphatic heterocycles. The Labute approximate surface area is 273 Å². The number of hydrogen-bond acceptors (Lipinski definition) is 11. The van der Waals surface area contributed by atoms with Gasteiger partial charge < -0.3 is 36.2 Å². The van der Waals surface area contributed by atoms with E-state index in [9.17, 15) is 28.0 Å². The van der Waals surface area contributed by atoms with Gasteiger partial charge in [0.2, 0.25) is 11.8 Å². The number of hydrogen-bond donors (Lipinski definition) is 6. The van der Waals surface area contributed by atoms with Crippen LogP contribution in [0.15, 0.2) is 47.8 Å². The van der Waals surface area contributed by atoms with E-state index in [0.717, 1.165) is 24.5 Å². The third-order valence-electron chi connectivity index (χ3n) is 6.94. The van der Waals surface area contributed by atoms with Crippen molar-refractivity contribution in [3.05, 3.63) is 64.7 Å². The molecular weight excluding hydrogens is 649 g/mol. The Balaban J connectivity index is 1.64. The lowest BCUT2D eigenvalue weighted by Gasteiger charge is -2.35. The minimum Gasteiger partial charge on any atom is -0.495 e. The Morgan fingerprint density at radius 3 is 2.46 bits per heavy atom. The van der Waals surface area contributed by atoms with Crippen LogP contribution in [0.5, 0.6) is 5.75 Å². The summed E-state index contributed by atoms with van der Waals surface area (Å²) in [6.07, 6.45) is 2.35. The minimum atomic E-state index is -4.00. The number of methoxy groups -OCH3 is 1. The number of ether oxygens (including phenoxy) is 1. The first-order chi connectivity index (χ1) is 21.8. The summed E-state index contributed by atoms with van der Waals surface area (Å²) in [6.45, 7) is 2.16. The number of carbonyl (C=O) groups is 4. The molecule has 1 aromatic heterocycles. The Kier molecular flexibility index (Phi) is 13.1. The third kappa shape index (κ3) is 9.75. The number of alkyl halides is 2. The van der Waals surface area contributed by atoms with Crippen LogP contribution in [-0.4, -0.2) is 90.2 Å². The van der Waals surface area contributed by atoms with Crippen molar-refractivity contribution in [1.82, 2.24) is 25.4 Å². The summed E-state index contributed by atoms with van der Waals surface area (Å²) in [4.78, 5) is 58.0. The first-order valence-corrected chi connectivity index (χ1v) is 15.2. The third-order valence-corrected chi connectivity index (χ3v) is 7.83. The number of amides is 4. The molecule has 3 rings (SSSR count). The fourth-order valence-corrected chi connectivity index (χ4v) is 4.90. The molecule has 13 nitrogen and oxygen atoms in total. The fourth-order valence-electron chi connectivity index (χ4n) is 4.37. The molecule has 1 aliphatic rings. The van der Waals surface area contributed by atoms with Gasteiger partial charge in [-0.25, -0.2) is 4.39 Å². The van der Waals surface area contributed by atoms with E-state index in [4.69, 9.17) is 15.6 Å². The lowest BCUT2D eigenvalue weighted by atomic mass is 10.0. The van der Waals surface area contributed by atoms with Crippen LogP contribution in [0.3, 0.4) is 0 Å². The van der Waals surface area contributed by atoms with Gasteiger partial charge in [-0.1, -0.05) is 6.07 Å². The molecule has 2 heterocycles. The van der Waals surface area contributed by atoms with Crippen LogP contribution < -0.4 is 31.6 Å². The van der Waals surface area contributed by atoms with Gasteiger partial charge in [-0.3, -0.25) is 29.3 Å². The predicted octanol–water partition coefficient (Wildman–Crippen LogP) is 0.930. The Morgan fingerprint density at radius 2 is 1.85 bits per heavy atom. The number of thiol groups is 1. The van der Waals surface area contributed by atoms with Crippen molar-refractivity contribution in [2.24, 2.45) is 10.9 Å². The molecule has 2 aromatic rings. The van der Waals surface area contributed by atoms with Gasteiger partial charge in [-0.05, 0) is 42.8 Å². The highest BCUT2D eigenvalue weighted by molar-refractivity contribution is 8.01. The van der Waals surface area contributed by atoms with Crippen molar-refractivity contribution in [2.75, 3.05) is 45.7 Å². The molecule has 250 valence electrons. The molecule has 7 N–H and O–H groups in total. The number of rotatable bonds is 13. The van der Waals surface area contributed by atoms with Crippen LogP contribution in [0.2, 0.25) is 0 Å². The smallest absolute Gasteiger partial charge is 0.351 e. The highest BCUT2D eigenvalue weighted by Crippen LogP contribution is 2.30. The number of piperazine rings is 1. The van der Waals surface area contributed by atoms with Gasteiger partial charge in [0.05, 0.1) is 36.4 Å². The van der Waals surface area contributed by atoms with Gasteiger partial charge in [0, 0.05) is 45.0 Å². The van der Waals surface area contributed by atoms with Gasteiger partial charge in [0.25, 0.3) is 11.8 Å². The molecule has 4 amide bonds. The maximum Gasteiger partial charge on any atom is 0.351 e. The molecule has 2 unspecified atom stereocenters. The van der Waals surface area contributed by atoms with E-state index < -0.39 is 52.9 Å². The summed E-state index contributed by atoms with van der Waals surface area (Å²) < 4.78 is 49.2. The van der Waals surface area contributed by atoms with Gasteiger partial charge in [0.1, 0.15) is 22.5 Å². The number of benzene rings is 1. The monoisotopic (exact) mass is 684 g/mol. The summed E-state index contributed by atoms with van der Waals surface area (Å²) in [5, 5.41) is 11.0. The van der Waals surface area contributed by atoms with Gasteiger partial charge in [-0.15, -0.1) is 0 Å². The van der Waals surface area contributed by atoms with E-state index in [1.165, 1.54) is 25.4 Å². The first-order valence-electron chi connectivity index (χ1n) is 13.8. The zero-order chi connectivity index (χ0) is 34.0. The van der Waals surface area contributed by atoms with E-state index in [0.29, 0.717) is 43.7 Å². The molecule has 0 spiro atoms. The maximum atomic E-state index is 15.1. The molecule has 1 saturated heterocycles. The SMILES string of the molecule is COc1cncc(C(F)(F)C(=O)NC(S)CC(=O)Nc2ccc(CC(NC(=O)/C(=C/N)SN)C(=O)N3CCN(C)CC3)cc2F)c1. The van der Waals surface area contributed by atoms with Crippen molar-refractivity contribution in [3.8, 4) is 5.75 Å². The van der Waals surface area contributed by atoms with E-state index in [1.807, 2.05) is 12.4 Å². The van der Waals surface area contributed by atoms with Gasteiger partial charge in [-0.2, -0.15) is 21.4 Å². The number of aromatic nitrogens is 1. The molecular formula is C28H35F3N8O5S2. The number of pyridine rings is 1. The molecule has 0 aliphatic carbocycles. The standard InChI is InChI=1S/C28H35F3N8O5S2/c1-38-5-7-39(8-6-38)26(42)21(36-25(41)22(13-32)46-33)10-16-3-4-20(19(29)9-16)35-23(40)12-24(45)37-27(43)28(30,31)17-11-18(44-2)15-34-14-17/h3-4,9,11,13-15,21,24,45H,5-8,10,12,32-33H2,1-2H3,(H,35,40)(H,36,41)(H,37,43)/b22-13-. The molecule has 18 heteroatoms. The van der Waals surface area contributed by atoms with Crippen LogP contribution in [0.1, 0.15) is 17.5 Å². The quantitative estimate of drug-likeness (QED) is 0.0768. The van der Waals surface area contributed by atoms with Crippen LogP contribution in [0.25, 0.3) is 0 Å². The van der Waals surface area contributed by atoms with E-state index >= 15 is 4.39 Å². The number of nitrogens with two attached hydrogens (primary N) is 2. The van der Waals surface area contributed by atoms with Crippen LogP contribution in [0, 0.1) is 5.82 Å². The minimum absolute atomic E-state index is 0.0138. The van der Waals surface area contributed by atoms with E-state index in [-0.39, 0.29) is 28.7 Å². The second kappa shape index (κ2) is 16.5. The van der Waals surface area contributed by atoms with Crippen LogP contribution >= 0.6 is 24.6 Å². The van der Waals surface area contributed by atoms with Crippen molar-refractivity contribution in [1.29, 1.82) is 0 Å². The molecule has 0 saturated carbocycles. The highest BCUT2D eigenvalue weighted by Gasteiger charge is 2.42. The molecule has 0 radical (unpaired) electrons. The van der Waals surface area contributed by atoms with Crippen molar-refractivity contribution >= 4 is 53.9 Å². The van der Waals surface area contributed by atoms with Crippen molar-refractivity contribution in [2.45, 2.75) is 30.2 Å². The van der Waals surface area contributed by atoms with Gasteiger partial charge >= 0.3 is 5.92 Å². The zero-order valence-corrected chi connectivity index (χ0v) is 26.7. The first kappa shape index (κ1) is 36.5. The highest BCUT2D eigenvalue weighted by atomic mass is 32.2. The second-order valence-electron chi connectivity index (χ2n) is 10.3. The number of anilines is 1. The number of nitrogens with one attached hydrogen (secondary N) is 3. The molecule has 2 atom stereocenters. The maximum absolute atomic E-state index is 15.1. The normalized spacial score (nSPS) is 15.5. The molecule has 1 fully saturated rings. The average Bonchev–Trinajstić information content (AvgIpc) is 3.02. The Bertz CT molecular complexity index is 1460. The van der Waals surface area contributed by atoms with Gasteiger partial charge in [0.15, 0.2) is 0 Å². The number of likely N-dealkylation sites (N-methyl/N-ethyl adjacent to an activating group) is 1. The fraction of sp³-hybridized carbons (Fsp3) is 0.393. The summed E-state index contributed by atoms with van der Waals surface area (Å²) in [5.41, 5.74) is 4.82. The zero-order valence-electron chi connectivity index (χ0n) is 25.0. The number of nitrogens with zero attached hydrogens (tertiary/aromatic N) is 3. The number of carbonyl (C=O) groups excluding carboxylic acids is 4. The largest absolute Gasteiger partial charge is 0.495 e. The summed E-state index contributed by atoms with van der Waals surface area (Å²) >= 11 is 4.62. The summed E-state index contributed by atoms with van der Waals surface area (Å²) in [5.74, 6) is -8.43. The molecule has 0 bridgehead atoms. The summed E-state index contributed by atoms with van der Waals surface area (Å²) in [7, 11) is 3.18. The predicted molar refractivity (Wildman–Crippen MR) is 169 cm³/mol. The van der Waals surface area contributed by atoms with E-state index in [2.05, 4.69) is 33.1 Å². The molecule has 1 aromatic carbocycles. The molecule has 46 heavy (non-hydrogen) atoms. The lowest BCUT2D eigenvalue weighted by Crippen LogP contribution is -2.55. The average molecular weight is 685 g/mol. The van der Waals surface area contributed by atoms with E-state index in [1.54, 1.807) is 4.90 Å². The van der Waals surface area contributed by atoms with Crippen LogP contribution in [-0.2, 0) is 31.5 Å². The summed E-state index contributed by atoms with van der Waals surface area (Å²) in [6, 6.07) is 3.67.